The summed E-state index contributed by atoms with van der Waals surface area (Å²) in [4.78, 5) is 31.4. The van der Waals surface area contributed by atoms with E-state index in [4.69, 9.17) is 11.6 Å². The minimum absolute atomic E-state index is 0.208. The number of hydrogen-bond donors (Lipinski definition) is 1. The number of pyridine rings is 1. The summed E-state index contributed by atoms with van der Waals surface area (Å²) in [6, 6.07) is 12.8. The van der Waals surface area contributed by atoms with Gasteiger partial charge in [0.15, 0.2) is 0 Å². The fourth-order valence-electron chi connectivity index (χ4n) is 3.69. The molecule has 2 heterocycles. The second-order valence-electron chi connectivity index (χ2n) is 6.93. The number of hydrogen-bond acceptors (Lipinski definition) is 3. The van der Waals surface area contributed by atoms with Crippen molar-refractivity contribution in [2.24, 2.45) is 0 Å². The van der Waals surface area contributed by atoms with Gasteiger partial charge in [-0.05, 0) is 61.4 Å². The minimum Gasteiger partial charge on any atom is -0.324 e. The Hall–Kier alpha value is -3.12. The van der Waals surface area contributed by atoms with Gasteiger partial charge in [-0.15, -0.1) is 0 Å². The lowest BCUT2D eigenvalue weighted by molar-refractivity contribution is 0.0983. The van der Waals surface area contributed by atoms with Crippen molar-refractivity contribution < 1.29 is 9.18 Å². The van der Waals surface area contributed by atoms with Crippen molar-refractivity contribution in [2.75, 3.05) is 16.5 Å². The smallest absolute Gasteiger partial charge is 0.261 e. The molecule has 1 aliphatic heterocycles. The normalized spacial score (nSPS) is 13.6. The van der Waals surface area contributed by atoms with Gasteiger partial charge < -0.3 is 9.88 Å². The predicted octanol–water partition coefficient (Wildman–Crippen LogP) is 4.79. The highest BCUT2D eigenvalue weighted by Gasteiger charge is 2.33. The number of H-pyrrole nitrogens is 1. The molecule has 0 fully saturated rings. The number of carbonyl (C=O) groups is 1. The summed E-state index contributed by atoms with van der Waals surface area (Å²) in [5, 5.41) is 0.451. The molecule has 29 heavy (non-hydrogen) atoms. The largest absolute Gasteiger partial charge is 0.324 e. The number of carbonyl (C=O) groups excluding carboxylic acids is 1. The van der Waals surface area contributed by atoms with Crippen molar-refractivity contribution in [3.05, 3.63) is 86.5 Å². The summed E-state index contributed by atoms with van der Waals surface area (Å²) < 4.78 is 13.7. The fraction of sp³-hybridized carbons (Fsp3) is 0.182. The molecular weight excluding hydrogens is 393 g/mol. The topological polar surface area (TPSA) is 56.4 Å². The van der Waals surface area contributed by atoms with E-state index in [9.17, 15) is 14.0 Å². The van der Waals surface area contributed by atoms with Crippen LogP contribution >= 0.6 is 11.6 Å². The van der Waals surface area contributed by atoms with Crippen LogP contribution in [0.3, 0.4) is 0 Å². The van der Waals surface area contributed by atoms with Gasteiger partial charge in [-0.2, -0.15) is 0 Å². The Labute approximate surface area is 172 Å². The summed E-state index contributed by atoms with van der Waals surface area (Å²) in [5.74, 6) is -0.526. The average Bonchev–Trinajstić information content (AvgIpc) is 2.69. The van der Waals surface area contributed by atoms with E-state index in [0.717, 1.165) is 11.3 Å². The van der Waals surface area contributed by atoms with Crippen molar-refractivity contribution in [3.8, 4) is 0 Å². The summed E-state index contributed by atoms with van der Waals surface area (Å²) in [6.07, 6.45) is 0.563. The SMILES string of the molecule is CCc1[nH]c(=O)ccc1N1CN(c2ccc(F)cc2C)c2ccc(Cl)cc2C1=O. The number of benzene rings is 2. The lowest BCUT2D eigenvalue weighted by Crippen LogP contribution is -2.45. The van der Waals surface area contributed by atoms with Crippen LogP contribution in [0.25, 0.3) is 0 Å². The third-order valence-corrected chi connectivity index (χ3v) is 5.31. The first-order valence-corrected chi connectivity index (χ1v) is 9.64. The summed E-state index contributed by atoms with van der Waals surface area (Å²) in [6.45, 7) is 3.96. The maximum atomic E-state index is 13.7. The van der Waals surface area contributed by atoms with Crippen molar-refractivity contribution in [2.45, 2.75) is 20.3 Å². The van der Waals surface area contributed by atoms with Gasteiger partial charge in [-0.25, -0.2) is 4.39 Å². The van der Waals surface area contributed by atoms with Crippen LogP contribution in [0.1, 0.15) is 28.5 Å². The molecule has 0 radical (unpaired) electrons. The molecule has 0 bridgehead atoms. The number of fused-ring (bicyclic) bond motifs is 1. The predicted molar refractivity (Wildman–Crippen MR) is 113 cm³/mol. The molecule has 1 aliphatic rings. The first-order chi connectivity index (χ1) is 13.9. The second kappa shape index (κ2) is 7.37. The van der Waals surface area contributed by atoms with Crippen molar-refractivity contribution in [3.63, 3.8) is 0 Å². The lowest BCUT2D eigenvalue weighted by atomic mass is 10.0. The van der Waals surface area contributed by atoms with Gasteiger partial charge in [-0.1, -0.05) is 18.5 Å². The van der Waals surface area contributed by atoms with Crippen LogP contribution in [0.4, 0.5) is 21.5 Å². The van der Waals surface area contributed by atoms with Gasteiger partial charge in [-0.3, -0.25) is 14.5 Å². The second-order valence-corrected chi connectivity index (χ2v) is 7.37. The molecule has 1 N–H and O–H groups in total. The average molecular weight is 412 g/mol. The van der Waals surface area contributed by atoms with Crippen molar-refractivity contribution >= 4 is 34.6 Å². The maximum absolute atomic E-state index is 13.7. The molecule has 0 saturated heterocycles. The van der Waals surface area contributed by atoms with E-state index >= 15 is 0 Å². The molecule has 0 unspecified atom stereocenters. The van der Waals surface area contributed by atoms with Gasteiger partial charge in [0.1, 0.15) is 12.5 Å². The third kappa shape index (κ3) is 3.40. The van der Waals surface area contributed by atoms with Gasteiger partial charge >= 0.3 is 0 Å². The number of aromatic amines is 1. The molecule has 4 rings (SSSR count). The molecule has 0 aliphatic carbocycles. The fourth-order valence-corrected chi connectivity index (χ4v) is 3.86. The Kier molecular flexibility index (Phi) is 4.88. The molecule has 7 heteroatoms. The van der Waals surface area contributed by atoms with Crippen LogP contribution in [-0.4, -0.2) is 17.6 Å². The Bertz CT molecular complexity index is 1170. The first-order valence-electron chi connectivity index (χ1n) is 9.26. The number of aromatic nitrogens is 1. The molecule has 1 amide bonds. The number of rotatable bonds is 3. The number of nitrogens with one attached hydrogen (secondary N) is 1. The minimum atomic E-state index is -0.318. The number of halogens is 2. The molecule has 0 saturated carbocycles. The molecule has 1 aromatic heterocycles. The zero-order valence-electron chi connectivity index (χ0n) is 16.0. The molecule has 0 spiro atoms. The Balaban J connectivity index is 1.91. The van der Waals surface area contributed by atoms with E-state index in [0.29, 0.717) is 34.1 Å². The molecule has 0 atom stereocenters. The molecular formula is C22H19ClFN3O2. The highest BCUT2D eigenvalue weighted by molar-refractivity contribution is 6.31. The van der Waals surface area contributed by atoms with Crippen LogP contribution in [0.15, 0.2) is 53.3 Å². The Morgan fingerprint density at radius 3 is 2.45 bits per heavy atom. The number of amides is 1. The highest BCUT2D eigenvalue weighted by Crippen LogP contribution is 2.38. The highest BCUT2D eigenvalue weighted by atomic mass is 35.5. The van der Waals surface area contributed by atoms with E-state index in [2.05, 4.69) is 4.98 Å². The zero-order valence-corrected chi connectivity index (χ0v) is 16.8. The number of anilines is 3. The zero-order chi connectivity index (χ0) is 20.7. The van der Waals surface area contributed by atoms with Gasteiger partial charge in [0.2, 0.25) is 5.56 Å². The molecule has 148 valence electrons. The van der Waals surface area contributed by atoms with E-state index < -0.39 is 0 Å². The summed E-state index contributed by atoms with van der Waals surface area (Å²) in [7, 11) is 0. The van der Waals surface area contributed by atoms with Gasteiger partial charge in [0, 0.05) is 22.5 Å². The van der Waals surface area contributed by atoms with Gasteiger partial charge in [0.05, 0.1) is 16.9 Å². The standard InChI is InChI=1S/C22H19ClFN3O2/c1-3-17-20(8-9-21(28)25-17)27-12-26(18-7-5-15(24)10-13(18)2)19-6-4-14(23)11-16(19)22(27)29/h4-11H,3,12H2,1-2H3,(H,25,28). The first kappa shape index (κ1) is 19.2. The Morgan fingerprint density at radius 2 is 1.72 bits per heavy atom. The molecule has 2 aromatic carbocycles. The van der Waals surface area contributed by atoms with E-state index in [1.54, 1.807) is 35.2 Å². The third-order valence-electron chi connectivity index (χ3n) is 5.08. The van der Waals surface area contributed by atoms with Crippen LogP contribution in [0.2, 0.25) is 5.02 Å². The van der Waals surface area contributed by atoms with Crippen molar-refractivity contribution in [1.82, 2.24) is 4.98 Å². The lowest BCUT2D eigenvalue weighted by Gasteiger charge is -2.39. The monoisotopic (exact) mass is 411 g/mol. The van der Waals surface area contributed by atoms with E-state index in [1.165, 1.54) is 18.2 Å². The van der Waals surface area contributed by atoms with Crippen LogP contribution in [-0.2, 0) is 6.42 Å². The van der Waals surface area contributed by atoms with Crippen LogP contribution in [0.5, 0.6) is 0 Å². The van der Waals surface area contributed by atoms with E-state index in [-0.39, 0.29) is 24.0 Å². The number of nitrogens with zero attached hydrogens (tertiary/aromatic N) is 2. The Morgan fingerprint density at radius 1 is 1.00 bits per heavy atom. The maximum Gasteiger partial charge on any atom is 0.261 e. The quantitative estimate of drug-likeness (QED) is 0.673. The van der Waals surface area contributed by atoms with Crippen molar-refractivity contribution in [1.29, 1.82) is 0 Å². The van der Waals surface area contributed by atoms with E-state index in [1.807, 2.05) is 18.7 Å². The molecule has 5 nitrogen and oxygen atoms in total. The van der Waals surface area contributed by atoms with Crippen LogP contribution < -0.4 is 15.4 Å². The molecule has 3 aromatic rings. The summed E-state index contributed by atoms with van der Waals surface area (Å²) >= 11 is 6.17. The van der Waals surface area contributed by atoms with Gasteiger partial charge in [0.25, 0.3) is 5.91 Å². The van der Waals surface area contributed by atoms with Crippen LogP contribution in [0, 0.1) is 12.7 Å². The summed E-state index contributed by atoms with van der Waals surface area (Å²) in [5.41, 5.74) is 3.77. The number of aryl methyl sites for hydroxylation is 2.